The molecule has 0 aliphatic rings. The highest BCUT2D eigenvalue weighted by Gasteiger charge is 2.19. The van der Waals surface area contributed by atoms with Crippen molar-refractivity contribution >= 4 is 23.4 Å². The lowest BCUT2D eigenvalue weighted by Gasteiger charge is -2.15. The first-order chi connectivity index (χ1) is 17.6. The van der Waals surface area contributed by atoms with Gasteiger partial charge in [-0.3, -0.25) is 4.79 Å². The highest BCUT2D eigenvalue weighted by molar-refractivity contribution is 7.99. The number of thioether (sulfide) groups is 1. The zero-order valence-corrected chi connectivity index (χ0v) is 20.8. The molecule has 4 aromatic rings. The van der Waals surface area contributed by atoms with Gasteiger partial charge in [-0.05, 0) is 36.4 Å². The molecule has 0 saturated carbocycles. The summed E-state index contributed by atoms with van der Waals surface area (Å²) in [4.78, 5) is 17.3. The number of pyridine rings is 1. The molecule has 180 valence electrons. The largest absolute Gasteiger partial charge is 0.497 e. The van der Waals surface area contributed by atoms with Gasteiger partial charge in [-0.1, -0.05) is 48.5 Å². The van der Waals surface area contributed by atoms with Crippen molar-refractivity contribution in [3.63, 3.8) is 0 Å². The van der Waals surface area contributed by atoms with Crippen LogP contribution >= 0.6 is 11.8 Å². The molecule has 1 heterocycles. The minimum absolute atomic E-state index is 0.0962. The average Bonchev–Trinajstić information content (AvgIpc) is 2.93. The Morgan fingerprint density at radius 1 is 0.944 bits per heavy atom. The maximum atomic E-state index is 12.4. The third-order valence-electron chi connectivity index (χ3n) is 5.49. The zero-order valence-electron chi connectivity index (χ0n) is 20.0. The summed E-state index contributed by atoms with van der Waals surface area (Å²) in [5, 5.41) is 13.6. The fraction of sp³-hybridized carbons (Fsp3) is 0.138. The molecule has 0 fully saturated rings. The molecule has 0 unspecified atom stereocenters. The molecule has 3 aromatic carbocycles. The number of anilines is 1. The summed E-state index contributed by atoms with van der Waals surface area (Å²) in [6.45, 7) is 0. The lowest BCUT2D eigenvalue weighted by atomic mass is 9.98. The van der Waals surface area contributed by atoms with Gasteiger partial charge in [-0.25, -0.2) is 4.98 Å². The summed E-state index contributed by atoms with van der Waals surface area (Å²) in [7, 11) is 3.19. The number of hydrogen-bond donors (Lipinski definition) is 1. The summed E-state index contributed by atoms with van der Waals surface area (Å²) in [6.07, 6.45) is 0.277. The molecular formula is C29H25N3O3S. The van der Waals surface area contributed by atoms with Crippen LogP contribution in [-0.4, -0.2) is 30.9 Å². The van der Waals surface area contributed by atoms with E-state index in [-0.39, 0.29) is 12.3 Å². The number of aromatic nitrogens is 1. The van der Waals surface area contributed by atoms with Crippen molar-refractivity contribution in [3.05, 3.63) is 90.5 Å². The second kappa shape index (κ2) is 11.9. The van der Waals surface area contributed by atoms with E-state index in [1.54, 1.807) is 14.2 Å². The van der Waals surface area contributed by atoms with E-state index in [1.165, 1.54) is 11.8 Å². The van der Waals surface area contributed by atoms with Gasteiger partial charge in [0.25, 0.3) is 0 Å². The van der Waals surface area contributed by atoms with Gasteiger partial charge in [-0.2, -0.15) is 5.26 Å². The lowest BCUT2D eigenvalue weighted by molar-refractivity contribution is -0.115. The van der Waals surface area contributed by atoms with Crippen LogP contribution in [0.5, 0.6) is 11.5 Å². The zero-order chi connectivity index (χ0) is 25.3. The van der Waals surface area contributed by atoms with E-state index >= 15 is 0 Å². The normalized spacial score (nSPS) is 10.4. The van der Waals surface area contributed by atoms with E-state index in [2.05, 4.69) is 11.4 Å². The van der Waals surface area contributed by atoms with E-state index in [4.69, 9.17) is 14.5 Å². The molecule has 4 rings (SSSR count). The molecule has 0 spiro atoms. The molecular weight excluding hydrogens is 470 g/mol. The standard InChI is InChI=1S/C29H25N3O3S/c1-34-22-13-14-27(35-2)24(17-22)23-18-26(20-9-5-3-6-10-20)32-29(25(23)19-30)36-16-15-28(33)31-21-11-7-4-8-12-21/h3-14,17-18H,15-16H2,1-2H3,(H,31,33). The van der Waals surface area contributed by atoms with Crippen molar-refractivity contribution in [2.24, 2.45) is 0 Å². The fourth-order valence-corrected chi connectivity index (χ4v) is 4.66. The van der Waals surface area contributed by atoms with Gasteiger partial charge in [0.2, 0.25) is 5.91 Å². The molecule has 0 atom stereocenters. The lowest BCUT2D eigenvalue weighted by Crippen LogP contribution is -2.12. The molecule has 36 heavy (non-hydrogen) atoms. The van der Waals surface area contributed by atoms with Crippen LogP contribution in [0.15, 0.2) is 90.0 Å². The number of para-hydroxylation sites is 1. The number of nitrogens with zero attached hydrogens (tertiary/aromatic N) is 2. The molecule has 0 bridgehead atoms. The van der Waals surface area contributed by atoms with Crippen LogP contribution in [0.3, 0.4) is 0 Å². The second-order valence-corrected chi connectivity index (χ2v) is 8.88. The van der Waals surface area contributed by atoms with Gasteiger partial charge >= 0.3 is 0 Å². The van der Waals surface area contributed by atoms with E-state index in [1.807, 2.05) is 84.9 Å². The van der Waals surface area contributed by atoms with Gasteiger partial charge in [0.1, 0.15) is 22.6 Å². The smallest absolute Gasteiger partial charge is 0.225 e. The number of nitriles is 1. The van der Waals surface area contributed by atoms with Crippen LogP contribution in [0.2, 0.25) is 0 Å². The molecule has 7 heteroatoms. The quantitative estimate of drug-likeness (QED) is 0.270. The molecule has 1 aromatic heterocycles. The Labute approximate surface area is 214 Å². The highest BCUT2D eigenvalue weighted by Crippen LogP contribution is 2.40. The number of carbonyl (C=O) groups excluding carboxylic acids is 1. The number of carbonyl (C=O) groups is 1. The van der Waals surface area contributed by atoms with Crippen molar-refractivity contribution in [2.75, 3.05) is 25.3 Å². The number of hydrogen-bond acceptors (Lipinski definition) is 6. The summed E-state index contributed by atoms with van der Waals surface area (Å²) in [6, 6.07) is 28.8. The van der Waals surface area contributed by atoms with Crippen molar-refractivity contribution in [1.29, 1.82) is 5.26 Å². The predicted octanol–water partition coefficient (Wildman–Crippen LogP) is 6.43. The first-order valence-electron chi connectivity index (χ1n) is 11.3. The maximum absolute atomic E-state index is 12.4. The minimum atomic E-state index is -0.0962. The van der Waals surface area contributed by atoms with Gasteiger partial charge in [0.15, 0.2) is 0 Å². The Kier molecular flexibility index (Phi) is 8.22. The van der Waals surface area contributed by atoms with Crippen LogP contribution in [0.1, 0.15) is 12.0 Å². The Hall–Kier alpha value is -4.28. The van der Waals surface area contributed by atoms with E-state index in [9.17, 15) is 10.1 Å². The molecule has 0 aliphatic heterocycles. The number of ether oxygens (including phenoxy) is 2. The number of benzene rings is 3. The summed E-state index contributed by atoms with van der Waals surface area (Å²) in [5.74, 6) is 1.64. The fourth-order valence-electron chi connectivity index (χ4n) is 3.71. The van der Waals surface area contributed by atoms with Crippen LogP contribution in [0.25, 0.3) is 22.4 Å². The molecule has 1 N–H and O–H groups in total. The highest BCUT2D eigenvalue weighted by atomic mass is 32.2. The summed E-state index contributed by atoms with van der Waals surface area (Å²) < 4.78 is 11.0. The number of amides is 1. The number of methoxy groups -OCH3 is 2. The molecule has 0 aliphatic carbocycles. The van der Waals surface area contributed by atoms with Crippen molar-refractivity contribution < 1.29 is 14.3 Å². The SMILES string of the molecule is COc1ccc(OC)c(-c2cc(-c3ccccc3)nc(SCCC(=O)Nc3ccccc3)c2C#N)c1. The van der Waals surface area contributed by atoms with Crippen molar-refractivity contribution in [2.45, 2.75) is 11.4 Å². The average molecular weight is 496 g/mol. The van der Waals surface area contributed by atoms with E-state index in [0.717, 1.165) is 22.5 Å². The van der Waals surface area contributed by atoms with Gasteiger partial charge in [0.05, 0.1) is 25.5 Å². The van der Waals surface area contributed by atoms with Gasteiger partial charge in [-0.15, -0.1) is 11.8 Å². The van der Waals surface area contributed by atoms with Crippen LogP contribution in [0.4, 0.5) is 5.69 Å². The Balaban J connectivity index is 1.70. The predicted molar refractivity (Wildman–Crippen MR) is 143 cm³/mol. The molecule has 0 saturated heterocycles. The molecule has 0 radical (unpaired) electrons. The molecule has 1 amide bonds. The Morgan fingerprint density at radius 2 is 1.67 bits per heavy atom. The summed E-state index contributed by atoms with van der Waals surface area (Å²) >= 11 is 1.39. The van der Waals surface area contributed by atoms with Crippen LogP contribution < -0.4 is 14.8 Å². The number of rotatable bonds is 9. The van der Waals surface area contributed by atoms with Crippen LogP contribution in [-0.2, 0) is 4.79 Å². The van der Waals surface area contributed by atoms with Crippen molar-refractivity contribution in [1.82, 2.24) is 4.98 Å². The minimum Gasteiger partial charge on any atom is -0.497 e. The van der Waals surface area contributed by atoms with Gasteiger partial charge < -0.3 is 14.8 Å². The third-order valence-corrected chi connectivity index (χ3v) is 6.47. The Bertz CT molecular complexity index is 1390. The van der Waals surface area contributed by atoms with Crippen molar-refractivity contribution in [3.8, 4) is 40.0 Å². The second-order valence-electron chi connectivity index (χ2n) is 7.79. The first kappa shape index (κ1) is 24.8. The third kappa shape index (κ3) is 5.85. The Morgan fingerprint density at radius 3 is 2.33 bits per heavy atom. The van der Waals surface area contributed by atoms with E-state index < -0.39 is 0 Å². The monoisotopic (exact) mass is 495 g/mol. The summed E-state index contributed by atoms with van der Waals surface area (Å²) in [5.41, 5.74) is 4.26. The topological polar surface area (TPSA) is 84.2 Å². The van der Waals surface area contributed by atoms with Gasteiger partial charge in [0, 0.05) is 34.6 Å². The van der Waals surface area contributed by atoms with E-state index in [0.29, 0.717) is 33.4 Å². The number of nitrogens with one attached hydrogen (secondary N) is 1. The molecule has 6 nitrogen and oxygen atoms in total. The van der Waals surface area contributed by atoms with Crippen LogP contribution in [0, 0.1) is 11.3 Å². The maximum Gasteiger partial charge on any atom is 0.225 e. The first-order valence-corrected chi connectivity index (χ1v) is 12.3.